The van der Waals surface area contributed by atoms with Crippen molar-refractivity contribution >= 4 is 11.9 Å². The molecular formula is C13H23NO4. The molecule has 0 radical (unpaired) electrons. The van der Waals surface area contributed by atoms with Crippen molar-refractivity contribution in [1.29, 1.82) is 0 Å². The maximum Gasteiger partial charge on any atom is 0.311 e. The van der Waals surface area contributed by atoms with E-state index in [9.17, 15) is 14.7 Å². The van der Waals surface area contributed by atoms with Gasteiger partial charge in [0, 0.05) is 33.2 Å². The van der Waals surface area contributed by atoms with Gasteiger partial charge in [-0.05, 0) is 18.8 Å². The van der Waals surface area contributed by atoms with Gasteiger partial charge in [-0.25, -0.2) is 0 Å². The molecule has 0 aromatic rings. The molecule has 1 rings (SSSR count). The molecule has 5 heteroatoms. The van der Waals surface area contributed by atoms with E-state index in [4.69, 9.17) is 4.74 Å². The predicted molar refractivity (Wildman–Crippen MR) is 67.2 cm³/mol. The van der Waals surface area contributed by atoms with E-state index in [2.05, 4.69) is 0 Å². The van der Waals surface area contributed by atoms with E-state index in [1.165, 1.54) is 0 Å². The topological polar surface area (TPSA) is 66.8 Å². The number of ether oxygens (including phenoxy) is 1. The molecule has 1 atom stereocenters. The first-order valence-electron chi connectivity index (χ1n) is 6.44. The van der Waals surface area contributed by atoms with Crippen molar-refractivity contribution < 1.29 is 19.4 Å². The lowest BCUT2D eigenvalue weighted by molar-refractivity contribution is -0.151. The van der Waals surface area contributed by atoms with Crippen molar-refractivity contribution in [2.45, 2.75) is 33.1 Å². The Balaban J connectivity index is 2.58. The van der Waals surface area contributed by atoms with Gasteiger partial charge in [0.1, 0.15) is 0 Å². The third-order valence-corrected chi connectivity index (χ3v) is 3.92. The zero-order valence-electron chi connectivity index (χ0n) is 11.4. The molecule has 1 aliphatic rings. The fourth-order valence-corrected chi connectivity index (χ4v) is 2.46. The predicted octanol–water partition coefficient (Wildman–Crippen LogP) is 1.37. The average Bonchev–Trinajstić information content (AvgIpc) is 2.75. The van der Waals surface area contributed by atoms with E-state index >= 15 is 0 Å². The molecule has 1 fully saturated rings. The zero-order chi connectivity index (χ0) is 13.8. The second-order valence-electron chi connectivity index (χ2n) is 5.28. The molecule has 1 saturated heterocycles. The highest BCUT2D eigenvalue weighted by Crippen LogP contribution is 2.38. The lowest BCUT2D eigenvalue weighted by atomic mass is 9.76. The number of methoxy groups -OCH3 is 1. The number of rotatable bonds is 6. The minimum Gasteiger partial charge on any atom is -0.481 e. The lowest BCUT2D eigenvalue weighted by Gasteiger charge is -2.28. The third kappa shape index (κ3) is 3.02. The summed E-state index contributed by atoms with van der Waals surface area (Å²) < 4.78 is 4.91. The number of amides is 1. The van der Waals surface area contributed by atoms with E-state index in [0.717, 1.165) is 0 Å². The second kappa shape index (κ2) is 6.18. The summed E-state index contributed by atoms with van der Waals surface area (Å²) in [5.41, 5.74) is -0.767. The van der Waals surface area contributed by atoms with Crippen LogP contribution >= 0.6 is 0 Å². The minimum atomic E-state index is -0.787. The molecule has 18 heavy (non-hydrogen) atoms. The van der Waals surface area contributed by atoms with Gasteiger partial charge in [0.05, 0.1) is 5.41 Å². The Hall–Kier alpha value is -1.10. The number of carboxylic acid groups (broad SMARTS) is 1. The molecular weight excluding hydrogens is 234 g/mol. The van der Waals surface area contributed by atoms with Gasteiger partial charge in [0.15, 0.2) is 0 Å². The van der Waals surface area contributed by atoms with Gasteiger partial charge in [-0.15, -0.1) is 0 Å². The maximum absolute atomic E-state index is 11.9. The quantitative estimate of drug-likeness (QED) is 0.730. The van der Waals surface area contributed by atoms with Crippen LogP contribution in [0.1, 0.15) is 33.1 Å². The van der Waals surface area contributed by atoms with Gasteiger partial charge in [-0.2, -0.15) is 0 Å². The summed E-state index contributed by atoms with van der Waals surface area (Å²) in [4.78, 5) is 25.1. The number of hydrogen-bond acceptors (Lipinski definition) is 3. The van der Waals surface area contributed by atoms with Crippen LogP contribution in [0.15, 0.2) is 0 Å². The summed E-state index contributed by atoms with van der Waals surface area (Å²) in [6.07, 6.45) is 1.67. The molecule has 0 aromatic carbocycles. The largest absolute Gasteiger partial charge is 0.481 e. The monoisotopic (exact) mass is 257 g/mol. The fraction of sp³-hybridized carbons (Fsp3) is 0.846. The lowest BCUT2D eigenvalue weighted by Crippen LogP contribution is -2.40. The van der Waals surface area contributed by atoms with Crippen molar-refractivity contribution in [3.8, 4) is 0 Å². The van der Waals surface area contributed by atoms with Gasteiger partial charge in [-0.3, -0.25) is 9.59 Å². The van der Waals surface area contributed by atoms with E-state index in [1.807, 2.05) is 13.8 Å². The Kier molecular flexibility index (Phi) is 5.14. The van der Waals surface area contributed by atoms with Crippen LogP contribution in [0.5, 0.6) is 0 Å². The summed E-state index contributed by atoms with van der Waals surface area (Å²) in [5.74, 6) is -0.715. The molecule has 1 amide bonds. The second-order valence-corrected chi connectivity index (χ2v) is 5.28. The Morgan fingerprint density at radius 2 is 2.11 bits per heavy atom. The summed E-state index contributed by atoms with van der Waals surface area (Å²) in [5, 5.41) is 9.39. The van der Waals surface area contributed by atoms with Gasteiger partial charge in [0.2, 0.25) is 5.91 Å². The third-order valence-electron chi connectivity index (χ3n) is 3.92. The molecule has 0 spiro atoms. The van der Waals surface area contributed by atoms with Crippen LogP contribution in [0.2, 0.25) is 0 Å². The normalized spacial score (nSPS) is 23.7. The van der Waals surface area contributed by atoms with Gasteiger partial charge in [0.25, 0.3) is 0 Å². The fourth-order valence-electron chi connectivity index (χ4n) is 2.46. The van der Waals surface area contributed by atoms with Crippen LogP contribution in [0, 0.1) is 11.3 Å². The van der Waals surface area contributed by atoms with E-state index in [0.29, 0.717) is 39.0 Å². The molecule has 0 bridgehead atoms. The van der Waals surface area contributed by atoms with Crippen LogP contribution in [0.4, 0.5) is 0 Å². The standard InChI is InChI=1S/C13H23NO4/c1-10(2)13(12(16)17)6-7-14(9-13)11(15)5-4-8-18-3/h10H,4-9H2,1-3H3,(H,16,17). The first-order valence-corrected chi connectivity index (χ1v) is 6.44. The summed E-state index contributed by atoms with van der Waals surface area (Å²) >= 11 is 0. The molecule has 5 nitrogen and oxygen atoms in total. The van der Waals surface area contributed by atoms with E-state index in [1.54, 1.807) is 12.0 Å². The van der Waals surface area contributed by atoms with Gasteiger partial charge < -0.3 is 14.7 Å². The Labute approximate surface area is 108 Å². The van der Waals surface area contributed by atoms with Crippen molar-refractivity contribution in [1.82, 2.24) is 4.90 Å². The molecule has 0 aliphatic carbocycles. The van der Waals surface area contributed by atoms with Crippen LogP contribution in [-0.2, 0) is 14.3 Å². The molecule has 1 unspecified atom stereocenters. The van der Waals surface area contributed by atoms with Crippen LogP contribution in [-0.4, -0.2) is 48.7 Å². The van der Waals surface area contributed by atoms with Crippen molar-refractivity contribution in [3.05, 3.63) is 0 Å². The first kappa shape index (κ1) is 15.0. The van der Waals surface area contributed by atoms with E-state index < -0.39 is 11.4 Å². The number of carbonyl (C=O) groups excluding carboxylic acids is 1. The number of hydrogen-bond donors (Lipinski definition) is 1. The average molecular weight is 257 g/mol. The molecule has 1 aliphatic heterocycles. The number of aliphatic carboxylic acids is 1. The molecule has 1 heterocycles. The van der Waals surface area contributed by atoms with Crippen LogP contribution in [0.3, 0.4) is 0 Å². The van der Waals surface area contributed by atoms with Crippen molar-refractivity contribution in [2.75, 3.05) is 26.8 Å². The number of carbonyl (C=O) groups is 2. The highest BCUT2D eigenvalue weighted by atomic mass is 16.5. The number of nitrogens with zero attached hydrogens (tertiary/aromatic N) is 1. The van der Waals surface area contributed by atoms with Crippen molar-refractivity contribution in [3.63, 3.8) is 0 Å². The highest BCUT2D eigenvalue weighted by molar-refractivity contribution is 5.80. The number of carboxylic acids is 1. The SMILES string of the molecule is COCCCC(=O)N1CCC(C(=O)O)(C(C)C)C1. The molecule has 0 saturated carbocycles. The summed E-state index contributed by atoms with van der Waals surface area (Å²) in [7, 11) is 1.61. The van der Waals surface area contributed by atoms with Crippen molar-refractivity contribution in [2.24, 2.45) is 11.3 Å². The molecule has 104 valence electrons. The highest BCUT2D eigenvalue weighted by Gasteiger charge is 2.48. The van der Waals surface area contributed by atoms with Gasteiger partial charge in [-0.1, -0.05) is 13.8 Å². The minimum absolute atomic E-state index is 0.0341. The number of likely N-dealkylation sites (tertiary alicyclic amines) is 1. The first-order chi connectivity index (χ1) is 8.44. The Bertz CT molecular complexity index is 316. The Morgan fingerprint density at radius 1 is 1.44 bits per heavy atom. The maximum atomic E-state index is 11.9. The van der Waals surface area contributed by atoms with Gasteiger partial charge >= 0.3 is 5.97 Å². The zero-order valence-corrected chi connectivity index (χ0v) is 11.4. The summed E-state index contributed by atoms with van der Waals surface area (Å²) in [6, 6.07) is 0. The van der Waals surface area contributed by atoms with Crippen LogP contribution < -0.4 is 0 Å². The van der Waals surface area contributed by atoms with E-state index in [-0.39, 0.29) is 11.8 Å². The molecule has 0 aromatic heterocycles. The Morgan fingerprint density at radius 3 is 2.56 bits per heavy atom. The van der Waals surface area contributed by atoms with Crippen LogP contribution in [0.25, 0.3) is 0 Å². The molecule has 1 N–H and O–H groups in total. The smallest absolute Gasteiger partial charge is 0.311 e. The summed E-state index contributed by atoms with van der Waals surface area (Å²) in [6.45, 7) is 5.27.